The van der Waals surface area contributed by atoms with Crippen LogP contribution in [0.5, 0.6) is 11.5 Å². The Hall–Kier alpha value is -4.00. The van der Waals surface area contributed by atoms with Crippen LogP contribution < -0.4 is 9.47 Å². The molecule has 1 N–H and O–H groups in total. The molecular formula is C26H25NO6. The molecule has 3 aromatic rings. The highest BCUT2D eigenvalue weighted by molar-refractivity contribution is 6.46. The van der Waals surface area contributed by atoms with Gasteiger partial charge in [-0.3, -0.25) is 9.59 Å². The van der Waals surface area contributed by atoms with Crippen LogP contribution in [0.1, 0.15) is 36.3 Å². The van der Waals surface area contributed by atoms with Gasteiger partial charge in [-0.25, -0.2) is 0 Å². The van der Waals surface area contributed by atoms with Crippen molar-refractivity contribution < 1.29 is 28.6 Å². The number of furan rings is 1. The van der Waals surface area contributed by atoms with Crippen molar-refractivity contribution in [2.24, 2.45) is 0 Å². The number of nitrogens with zero attached hydrogens (tertiary/aromatic N) is 1. The van der Waals surface area contributed by atoms with E-state index in [0.717, 1.165) is 6.42 Å². The lowest BCUT2D eigenvalue weighted by atomic mass is 9.95. The van der Waals surface area contributed by atoms with Crippen LogP contribution in [0.4, 0.5) is 0 Å². The third-order valence-corrected chi connectivity index (χ3v) is 5.48. The van der Waals surface area contributed by atoms with Gasteiger partial charge in [-0.2, -0.15) is 0 Å². The van der Waals surface area contributed by atoms with Gasteiger partial charge in [0.25, 0.3) is 11.7 Å². The lowest BCUT2D eigenvalue weighted by molar-refractivity contribution is -0.140. The second-order valence-electron chi connectivity index (χ2n) is 7.65. The lowest BCUT2D eigenvalue weighted by Crippen LogP contribution is -2.29. The normalized spacial score (nSPS) is 17.4. The molecule has 1 amide bonds. The average molecular weight is 447 g/mol. The van der Waals surface area contributed by atoms with Crippen LogP contribution in [0.25, 0.3) is 5.76 Å². The Morgan fingerprint density at radius 1 is 1.03 bits per heavy atom. The smallest absolute Gasteiger partial charge is 0.296 e. The summed E-state index contributed by atoms with van der Waals surface area (Å²) in [6.07, 6.45) is 2.39. The SMILES string of the molecule is CCCOc1ccc(C2/C(=C(/O)c3ccc(OC)cc3)C(=O)C(=O)N2Cc2ccco2)cc1. The number of benzene rings is 2. The molecule has 1 atom stereocenters. The molecule has 1 fully saturated rings. The molecule has 1 aliphatic rings. The second-order valence-corrected chi connectivity index (χ2v) is 7.65. The highest BCUT2D eigenvalue weighted by atomic mass is 16.5. The van der Waals surface area contributed by atoms with E-state index in [1.807, 2.05) is 6.92 Å². The van der Waals surface area contributed by atoms with Crippen LogP contribution in [0.3, 0.4) is 0 Å². The molecule has 0 bridgehead atoms. The van der Waals surface area contributed by atoms with Gasteiger partial charge in [0.1, 0.15) is 23.0 Å². The maximum atomic E-state index is 13.1. The van der Waals surface area contributed by atoms with Crippen molar-refractivity contribution in [3.05, 3.63) is 89.4 Å². The van der Waals surface area contributed by atoms with E-state index in [2.05, 4.69) is 0 Å². The van der Waals surface area contributed by atoms with Crippen molar-refractivity contribution in [2.75, 3.05) is 13.7 Å². The zero-order valence-corrected chi connectivity index (χ0v) is 18.5. The molecule has 7 heteroatoms. The molecule has 0 saturated carbocycles. The van der Waals surface area contributed by atoms with Crippen LogP contribution >= 0.6 is 0 Å². The fourth-order valence-electron chi connectivity index (χ4n) is 3.83. The predicted molar refractivity (Wildman–Crippen MR) is 122 cm³/mol. The summed E-state index contributed by atoms with van der Waals surface area (Å²) in [5.74, 6) is 0.162. The van der Waals surface area contributed by atoms with Crippen molar-refractivity contribution >= 4 is 17.4 Å². The topological polar surface area (TPSA) is 89.2 Å². The Morgan fingerprint density at radius 3 is 2.33 bits per heavy atom. The van der Waals surface area contributed by atoms with Gasteiger partial charge in [0.05, 0.1) is 38.1 Å². The third-order valence-electron chi connectivity index (χ3n) is 5.48. The van der Waals surface area contributed by atoms with E-state index >= 15 is 0 Å². The number of aliphatic hydroxyl groups is 1. The Morgan fingerprint density at radius 2 is 1.73 bits per heavy atom. The van der Waals surface area contributed by atoms with Crippen LogP contribution in [-0.2, 0) is 16.1 Å². The molecule has 1 aromatic heterocycles. The number of ether oxygens (including phenoxy) is 2. The molecule has 0 aliphatic carbocycles. The summed E-state index contributed by atoms with van der Waals surface area (Å²) in [6, 6.07) is 16.5. The van der Waals surface area contributed by atoms with E-state index in [0.29, 0.717) is 35.0 Å². The monoisotopic (exact) mass is 447 g/mol. The first kappa shape index (κ1) is 22.2. The molecule has 4 rings (SSSR count). The molecule has 1 unspecified atom stereocenters. The maximum absolute atomic E-state index is 13.1. The van der Waals surface area contributed by atoms with Crippen LogP contribution in [0.2, 0.25) is 0 Å². The summed E-state index contributed by atoms with van der Waals surface area (Å²) >= 11 is 0. The number of hydrogen-bond acceptors (Lipinski definition) is 6. The van der Waals surface area contributed by atoms with Crippen molar-refractivity contribution in [3.8, 4) is 11.5 Å². The van der Waals surface area contributed by atoms with Gasteiger partial charge in [-0.05, 0) is 60.5 Å². The molecule has 170 valence electrons. The van der Waals surface area contributed by atoms with Gasteiger partial charge >= 0.3 is 0 Å². The zero-order valence-electron chi connectivity index (χ0n) is 18.5. The van der Waals surface area contributed by atoms with Gasteiger partial charge in [0.2, 0.25) is 0 Å². The Kier molecular flexibility index (Phi) is 6.49. The summed E-state index contributed by atoms with van der Waals surface area (Å²) in [4.78, 5) is 27.5. The number of hydrogen-bond donors (Lipinski definition) is 1. The van der Waals surface area contributed by atoms with Gasteiger partial charge in [-0.1, -0.05) is 19.1 Å². The standard InChI is InChI=1S/C26H25NO6/c1-3-14-32-20-12-6-17(7-13-20)23-22(24(28)18-8-10-19(31-2)11-9-18)25(29)26(30)27(23)16-21-5-4-15-33-21/h4-13,15,23,28H,3,14,16H2,1-2H3/b24-22-. The first-order valence-corrected chi connectivity index (χ1v) is 10.7. The van der Waals surface area contributed by atoms with Gasteiger partial charge < -0.3 is 23.9 Å². The van der Waals surface area contributed by atoms with Crippen molar-refractivity contribution in [2.45, 2.75) is 25.9 Å². The largest absolute Gasteiger partial charge is 0.507 e. The minimum Gasteiger partial charge on any atom is -0.507 e. The maximum Gasteiger partial charge on any atom is 0.296 e. The summed E-state index contributed by atoms with van der Waals surface area (Å²) in [5, 5.41) is 11.1. The lowest BCUT2D eigenvalue weighted by Gasteiger charge is -2.24. The molecule has 33 heavy (non-hydrogen) atoms. The highest BCUT2D eigenvalue weighted by Crippen LogP contribution is 2.40. The number of aliphatic hydroxyl groups excluding tert-OH is 1. The van der Waals surface area contributed by atoms with E-state index in [1.54, 1.807) is 67.8 Å². The number of carbonyl (C=O) groups excluding carboxylic acids is 2. The Labute approximate surface area is 191 Å². The van der Waals surface area contributed by atoms with Crippen LogP contribution in [0.15, 0.2) is 76.9 Å². The first-order chi connectivity index (χ1) is 16.0. The molecule has 2 heterocycles. The molecule has 1 aliphatic heterocycles. The minimum absolute atomic E-state index is 0.0268. The molecule has 7 nitrogen and oxygen atoms in total. The second kappa shape index (κ2) is 9.65. The van der Waals surface area contributed by atoms with Gasteiger partial charge in [0, 0.05) is 5.56 Å². The number of likely N-dealkylation sites (tertiary alicyclic amines) is 1. The number of amides is 1. The highest BCUT2D eigenvalue weighted by Gasteiger charge is 2.46. The van der Waals surface area contributed by atoms with E-state index in [9.17, 15) is 14.7 Å². The number of methoxy groups -OCH3 is 1. The summed E-state index contributed by atoms with van der Waals surface area (Å²) in [6.45, 7) is 2.71. The zero-order chi connectivity index (χ0) is 23.4. The van der Waals surface area contributed by atoms with E-state index < -0.39 is 17.7 Å². The van der Waals surface area contributed by atoms with Gasteiger partial charge in [0.15, 0.2) is 0 Å². The van der Waals surface area contributed by atoms with Crippen molar-refractivity contribution in [3.63, 3.8) is 0 Å². The quantitative estimate of drug-likeness (QED) is 0.306. The van der Waals surface area contributed by atoms with Crippen molar-refractivity contribution in [1.29, 1.82) is 0 Å². The van der Waals surface area contributed by atoms with Gasteiger partial charge in [-0.15, -0.1) is 0 Å². The summed E-state index contributed by atoms with van der Waals surface area (Å²) in [7, 11) is 1.54. The Bertz CT molecular complexity index is 1150. The van der Waals surface area contributed by atoms with E-state index in [4.69, 9.17) is 13.9 Å². The van der Waals surface area contributed by atoms with Crippen LogP contribution in [0, 0.1) is 0 Å². The van der Waals surface area contributed by atoms with E-state index in [-0.39, 0.29) is 17.9 Å². The van der Waals surface area contributed by atoms with Crippen molar-refractivity contribution in [1.82, 2.24) is 4.90 Å². The summed E-state index contributed by atoms with van der Waals surface area (Å²) in [5.41, 5.74) is 1.12. The molecular weight excluding hydrogens is 422 g/mol. The molecule has 1 saturated heterocycles. The first-order valence-electron chi connectivity index (χ1n) is 10.7. The molecule has 0 spiro atoms. The average Bonchev–Trinajstić information content (AvgIpc) is 3.45. The number of ketones is 1. The molecule has 2 aromatic carbocycles. The minimum atomic E-state index is -0.780. The number of rotatable bonds is 8. The Balaban J connectivity index is 1.78. The number of carbonyl (C=O) groups is 2. The van der Waals surface area contributed by atoms with Crippen LogP contribution in [-0.4, -0.2) is 35.4 Å². The summed E-state index contributed by atoms with van der Waals surface area (Å²) < 4.78 is 16.2. The fourth-order valence-corrected chi connectivity index (χ4v) is 3.83. The molecule has 0 radical (unpaired) electrons. The predicted octanol–water partition coefficient (Wildman–Crippen LogP) is 4.70. The van der Waals surface area contributed by atoms with E-state index in [1.165, 1.54) is 11.2 Å². The third kappa shape index (κ3) is 4.48. The number of Topliss-reactive ketones (excluding diaryl/α,β-unsaturated/α-hetero) is 1. The fraction of sp³-hybridized carbons (Fsp3) is 0.231.